The predicted octanol–water partition coefficient (Wildman–Crippen LogP) is 2.95. The van der Waals surface area contributed by atoms with E-state index in [-0.39, 0.29) is 38.5 Å². The molecule has 1 aliphatic heterocycles. The number of rotatable bonds is 1. The molecule has 0 unspecified atom stereocenters. The summed E-state index contributed by atoms with van der Waals surface area (Å²) in [5.74, 6) is 0. The van der Waals surface area contributed by atoms with Gasteiger partial charge in [-0.1, -0.05) is 13.5 Å². The smallest absolute Gasteiger partial charge is 0.0455 e. The van der Waals surface area contributed by atoms with Gasteiger partial charge in [-0.25, -0.2) is 0 Å². The van der Waals surface area contributed by atoms with Crippen molar-refractivity contribution >= 4 is 27.1 Å². The van der Waals surface area contributed by atoms with Crippen LogP contribution < -0.4 is 10.2 Å². The van der Waals surface area contributed by atoms with E-state index in [2.05, 4.69) is 39.9 Å². The number of hydrogen-bond acceptors (Lipinski definition) is 3. The van der Waals surface area contributed by atoms with Gasteiger partial charge in [-0.05, 0) is 23.6 Å². The quantitative estimate of drug-likeness (QED) is 0.687. The molecule has 1 aromatic heterocycles. The third-order valence-corrected chi connectivity index (χ3v) is 3.81. The Morgan fingerprint density at radius 2 is 1.88 bits per heavy atom. The van der Waals surface area contributed by atoms with Crippen molar-refractivity contribution in [1.82, 2.24) is 5.32 Å². The van der Waals surface area contributed by atoms with Gasteiger partial charge in [0.2, 0.25) is 0 Å². The minimum absolute atomic E-state index is 0. The summed E-state index contributed by atoms with van der Waals surface area (Å²) in [6.07, 6.45) is 0. The van der Waals surface area contributed by atoms with Crippen LogP contribution in [-0.4, -0.2) is 26.2 Å². The number of nitrogens with zero attached hydrogens (tertiary/aromatic N) is 1. The summed E-state index contributed by atoms with van der Waals surface area (Å²) in [6.45, 7) is 4.44. The van der Waals surface area contributed by atoms with Crippen LogP contribution in [0.4, 0.5) is 5.69 Å². The molecule has 0 bridgehead atoms. The van der Waals surface area contributed by atoms with Crippen LogP contribution in [0.5, 0.6) is 0 Å². The summed E-state index contributed by atoms with van der Waals surface area (Å²) in [4.78, 5) is 2.48. The van der Waals surface area contributed by atoms with Gasteiger partial charge in [0.05, 0.1) is 0 Å². The molecule has 1 N–H and O–H groups in total. The van der Waals surface area contributed by atoms with Gasteiger partial charge in [0.1, 0.15) is 0 Å². The van der Waals surface area contributed by atoms with E-state index in [1.165, 1.54) is 15.8 Å². The van der Waals surface area contributed by atoms with E-state index in [9.17, 15) is 0 Å². The number of anilines is 1. The van der Waals surface area contributed by atoms with Crippen LogP contribution in [0.2, 0.25) is 0 Å². The van der Waals surface area contributed by atoms with E-state index < -0.39 is 0 Å². The minimum atomic E-state index is 0. The third-order valence-electron chi connectivity index (χ3n) is 2.93. The Bertz CT molecular complexity index is 463. The number of hydrogen-bond donors (Lipinski definition) is 1. The SMILES string of the molecule is C.[U].c1cc(N2CCNCC2)c2ccsc2c1. The first-order valence-electron chi connectivity index (χ1n) is 5.37. The number of benzene rings is 1. The zero-order chi connectivity index (χ0) is 10.1. The third kappa shape index (κ3) is 3.06. The molecule has 1 fully saturated rings. The molecule has 2 nitrogen and oxygen atoms in total. The molecule has 2 heterocycles. The fraction of sp³-hybridized carbons (Fsp3) is 0.385. The van der Waals surface area contributed by atoms with Gasteiger partial charge < -0.3 is 10.2 Å². The number of piperazine rings is 1. The van der Waals surface area contributed by atoms with E-state index in [1.807, 2.05) is 11.3 Å². The van der Waals surface area contributed by atoms with Gasteiger partial charge in [0.15, 0.2) is 0 Å². The van der Waals surface area contributed by atoms with E-state index in [4.69, 9.17) is 0 Å². The monoisotopic (exact) mass is 472 g/mol. The Morgan fingerprint density at radius 1 is 1.12 bits per heavy atom. The van der Waals surface area contributed by atoms with Crippen molar-refractivity contribution in [3.8, 4) is 0 Å². The van der Waals surface area contributed by atoms with Crippen LogP contribution in [0.15, 0.2) is 29.6 Å². The van der Waals surface area contributed by atoms with E-state index in [0.29, 0.717) is 0 Å². The molecular formula is C13H18N2SU. The largest absolute Gasteiger partial charge is 0.368 e. The van der Waals surface area contributed by atoms with Crippen LogP contribution in [0.25, 0.3) is 10.1 Å². The van der Waals surface area contributed by atoms with Gasteiger partial charge in [-0.15, -0.1) is 11.3 Å². The maximum Gasteiger partial charge on any atom is 0.0455 e. The zero-order valence-electron chi connectivity index (χ0n) is 9.07. The molecule has 0 spiro atoms. The van der Waals surface area contributed by atoms with Crippen molar-refractivity contribution in [2.45, 2.75) is 7.43 Å². The number of fused-ring (bicyclic) bond motifs is 1. The molecule has 1 aliphatic rings. The minimum Gasteiger partial charge on any atom is -0.368 e. The first-order valence-corrected chi connectivity index (χ1v) is 6.25. The van der Waals surface area contributed by atoms with Crippen molar-refractivity contribution in [2.75, 3.05) is 31.1 Å². The molecule has 1 aromatic carbocycles. The summed E-state index contributed by atoms with van der Waals surface area (Å²) in [5.41, 5.74) is 1.40. The summed E-state index contributed by atoms with van der Waals surface area (Å²) in [6, 6.07) is 8.83. The second-order valence-corrected chi connectivity index (χ2v) is 4.79. The molecule has 17 heavy (non-hydrogen) atoms. The van der Waals surface area contributed by atoms with Crippen molar-refractivity contribution in [2.24, 2.45) is 0 Å². The van der Waals surface area contributed by atoms with E-state index >= 15 is 0 Å². The second-order valence-electron chi connectivity index (χ2n) is 3.85. The normalized spacial score (nSPS) is 15.2. The molecular weight excluding hydrogens is 454 g/mol. The average molecular weight is 472 g/mol. The number of nitrogens with one attached hydrogen (secondary N) is 1. The molecule has 1 saturated heterocycles. The van der Waals surface area contributed by atoms with Crippen LogP contribution >= 0.6 is 11.3 Å². The molecule has 0 saturated carbocycles. The van der Waals surface area contributed by atoms with Gasteiger partial charge in [-0.3, -0.25) is 0 Å². The topological polar surface area (TPSA) is 15.3 Å². The molecule has 3 rings (SSSR count). The van der Waals surface area contributed by atoms with E-state index in [0.717, 1.165) is 26.2 Å². The van der Waals surface area contributed by atoms with Crippen LogP contribution in [0.1, 0.15) is 7.43 Å². The van der Waals surface area contributed by atoms with Crippen LogP contribution in [0, 0.1) is 31.1 Å². The predicted molar refractivity (Wildman–Crippen MR) is 73.6 cm³/mol. The van der Waals surface area contributed by atoms with Crippen LogP contribution in [0.3, 0.4) is 0 Å². The molecule has 0 atom stereocenters. The molecule has 0 amide bonds. The first kappa shape index (κ1) is 15.1. The zero-order valence-corrected chi connectivity index (χ0v) is 14.1. The Hall–Kier alpha value is -0.00805. The van der Waals surface area contributed by atoms with Crippen molar-refractivity contribution in [1.29, 1.82) is 0 Å². The Balaban J connectivity index is 0.000000722. The van der Waals surface area contributed by atoms with Crippen molar-refractivity contribution in [3.63, 3.8) is 0 Å². The van der Waals surface area contributed by atoms with Gasteiger partial charge in [0, 0.05) is 73.1 Å². The van der Waals surface area contributed by atoms with Crippen molar-refractivity contribution in [3.05, 3.63) is 29.6 Å². The molecule has 2 aromatic rings. The summed E-state index contributed by atoms with van der Waals surface area (Å²) >= 11 is 1.82. The Labute approximate surface area is 131 Å². The van der Waals surface area contributed by atoms with Gasteiger partial charge >= 0.3 is 0 Å². The average Bonchev–Trinajstić information content (AvgIpc) is 2.78. The fourth-order valence-corrected chi connectivity index (χ4v) is 2.97. The standard InChI is InChI=1S/C12H14N2S.CH4.U/c1-2-11(14-7-5-13-6-8-14)10-4-9-15-12(10)3-1;;/h1-4,9,13H,5-8H2;1H4;. The first-order chi connectivity index (χ1) is 7.45. The maximum atomic E-state index is 3.39. The van der Waals surface area contributed by atoms with Gasteiger partial charge in [0.25, 0.3) is 0 Å². The second kappa shape index (κ2) is 6.80. The van der Waals surface area contributed by atoms with E-state index in [1.54, 1.807) is 0 Å². The fourth-order valence-electron chi connectivity index (χ4n) is 2.16. The molecule has 4 heteroatoms. The Morgan fingerprint density at radius 3 is 2.65 bits per heavy atom. The summed E-state index contributed by atoms with van der Waals surface area (Å²) in [5, 5.41) is 6.97. The van der Waals surface area contributed by atoms with Crippen LogP contribution in [-0.2, 0) is 0 Å². The molecule has 0 radical (unpaired) electrons. The van der Waals surface area contributed by atoms with Crippen molar-refractivity contribution < 1.29 is 31.1 Å². The number of thiophene rings is 1. The Kier molecular flexibility index (Phi) is 6.02. The van der Waals surface area contributed by atoms with Gasteiger partial charge in [-0.2, -0.15) is 0 Å². The summed E-state index contributed by atoms with van der Waals surface area (Å²) in [7, 11) is 0. The maximum absolute atomic E-state index is 3.39. The summed E-state index contributed by atoms with van der Waals surface area (Å²) < 4.78 is 1.39. The molecule has 90 valence electrons. The molecule has 0 aliphatic carbocycles.